The molecule has 5 rings (SSSR count). The van der Waals surface area contributed by atoms with Crippen molar-refractivity contribution in [2.75, 3.05) is 38.0 Å². The number of piperazine rings is 1. The molecule has 0 bridgehead atoms. The van der Waals surface area contributed by atoms with Gasteiger partial charge in [0.1, 0.15) is 12.3 Å². The molecule has 2 N–H and O–H groups in total. The number of pyridine rings is 1. The molecule has 4 aliphatic rings. The monoisotopic (exact) mass is 423 g/mol. The van der Waals surface area contributed by atoms with Crippen molar-refractivity contribution in [2.45, 2.75) is 52.0 Å². The van der Waals surface area contributed by atoms with Gasteiger partial charge >= 0.3 is 0 Å². The number of nitrogens with one attached hydrogen (secondary N) is 2. The van der Waals surface area contributed by atoms with Crippen molar-refractivity contribution in [3.63, 3.8) is 0 Å². The van der Waals surface area contributed by atoms with Crippen molar-refractivity contribution >= 4 is 17.8 Å². The quantitative estimate of drug-likeness (QED) is 0.750. The van der Waals surface area contributed by atoms with Crippen molar-refractivity contribution in [3.8, 4) is 0 Å². The van der Waals surface area contributed by atoms with Crippen molar-refractivity contribution in [1.29, 1.82) is 0 Å². The standard InChI is InChI=1S/C23H33N7O/c1-3-17-10-19-20(27-23(17)31)9-16(11-24-19)13-28-5-7-29(8-6-28)22-15-30-14-18(4-2)26-21(30)12-25-22/h9,11-12,14,17,21-22,26H,3-8,10,13,15H2,1-2H3,(H,27,31). The Morgan fingerprint density at radius 1 is 1.19 bits per heavy atom. The van der Waals surface area contributed by atoms with E-state index in [-0.39, 0.29) is 24.2 Å². The third kappa shape index (κ3) is 4.19. The molecule has 0 aromatic carbocycles. The number of carbonyl (C=O) groups excluding carboxylic acids is 1. The second-order valence-corrected chi connectivity index (χ2v) is 9.02. The fourth-order valence-corrected chi connectivity index (χ4v) is 4.96. The van der Waals surface area contributed by atoms with E-state index >= 15 is 0 Å². The van der Waals surface area contributed by atoms with Crippen LogP contribution in [0.2, 0.25) is 0 Å². The minimum Gasteiger partial charge on any atom is -0.363 e. The summed E-state index contributed by atoms with van der Waals surface area (Å²) in [5, 5.41) is 6.56. The van der Waals surface area contributed by atoms with Crippen molar-refractivity contribution in [1.82, 2.24) is 25.0 Å². The lowest BCUT2D eigenvalue weighted by molar-refractivity contribution is -0.120. The van der Waals surface area contributed by atoms with E-state index in [0.717, 1.165) is 69.9 Å². The minimum absolute atomic E-state index is 0.0528. The molecule has 1 aromatic heterocycles. The molecular weight excluding hydrogens is 390 g/mol. The third-order valence-corrected chi connectivity index (χ3v) is 6.99. The molecule has 0 saturated carbocycles. The topological polar surface area (TPSA) is 76.1 Å². The molecule has 8 heteroatoms. The lowest BCUT2D eigenvalue weighted by atomic mass is 9.94. The maximum atomic E-state index is 12.2. The van der Waals surface area contributed by atoms with E-state index in [1.54, 1.807) is 0 Å². The second kappa shape index (κ2) is 8.59. The van der Waals surface area contributed by atoms with Crippen LogP contribution in [-0.2, 0) is 17.8 Å². The number of amides is 1. The predicted molar refractivity (Wildman–Crippen MR) is 121 cm³/mol. The maximum Gasteiger partial charge on any atom is 0.227 e. The van der Waals surface area contributed by atoms with Crippen LogP contribution in [0.25, 0.3) is 0 Å². The Kier molecular flexibility index (Phi) is 5.67. The highest BCUT2D eigenvalue weighted by Gasteiger charge is 2.32. The first-order chi connectivity index (χ1) is 15.1. The molecule has 5 heterocycles. The predicted octanol–water partition coefficient (Wildman–Crippen LogP) is 1.61. The summed E-state index contributed by atoms with van der Waals surface area (Å²) in [4.78, 5) is 29.0. The van der Waals surface area contributed by atoms with Gasteiger partial charge < -0.3 is 15.5 Å². The van der Waals surface area contributed by atoms with Crippen molar-refractivity contribution in [2.24, 2.45) is 10.9 Å². The van der Waals surface area contributed by atoms with Crippen LogP contribution < -0.4 is 10.6 Å². The summed E-state index contributed by atoms with van der Waals surface area (Å²) in [5.74, 6) is 0.184. The number of fused-ring (bicyclic) bond motifs is 2. The molecule has 3 unspecified atom stereocenters. The van der Waals surface area contributed by atoms with E-state index < -0.39 is 0 Å². The zero-order valence-corrected chi connectivity index (χ0v) is 18.5. The summed E-state index contributed by atoms with van der Waals surface area (Å²) >= 11 is 0. The Labute approximate surface area is 184 Å². The van der Waals surface area contributed by atoms with Crippen LogP contribution in [0.1, 0.15) is 37.9 Å². The van der Waals surface area contributed by atoms with E-state index in [4.69, 9.17) is 4.99 Å². The molecule has 1 aromatic rings. The molecule has 1 amide bonds. The molecule has 31 heavy (non-hydrogen) atoms. The van der Waals surface area contributed by atoms with Crippen molar-refractivity contribution in [3.05, 3.63) is 35.4 Å². The Hall–Kier alpha value is -2.45. The Bertz CT molecular complexity index is 890. The molecule has 1 saturated heterocycles. The van der Waals surface area contributed by atoms with Gasteiger partial charge in [-0.05, 0) is 24.5 Å². The molecular formula is C23H33N7O. The highest BCUT2D eigenvalue weighted by molar-refractivity contribution is 5.95. The van der Waals surface area contributed by atoms with Gasteiger partial charge in [-0.15, -0.1) is 0 Å². The number of nitrogens with zero attached hydrogens (tertiary/aromatic N) is 5. The number of allylic oxidation sites excluding steroid dienone is 1. The smallest absolute Gasteiger partial charge is 0.227 e. The first-order valence-electron chi connectivity index (χ1n) is 11.6. The summed E-state index contributed by atoms with van der Waals surface area (Å²) in [6, 6.07) is 2.11. The van der Waals surface area contributed by atoms with Crippen LogP contribution in [0.3, 0.4) is 0 Å². The molecule has 166 valence electrons. The number of aliphatic imine (C=N–C) groups is 1. The molecule has 4 aliphatic heterocycles. The number of carbonyl (C=O) groups is 1. The Morgan fingerprint density at radius 3 is 2.81 bits per heavy atom. The summed E-state index contributed by atoms with van der Waals surface area (Å²) in [5.41, 5.74) is 4.38. The largest absolute Gasteiger partial charge is 0.363 e. The first kappa shape index (κ1) is 20.5. The number of aromatic nitrogens is 1. The molecule has 3 atom stereocenters. The van der Waals surface area contributed by atoms with E-state index in [1.165, 1.54) is 11.3 Å². The molecule has 0 aliphatic carbocycles. The van der Waals surface area contributed by atoms with Gasteiger partial charge in [-0.1, -0.05) is 13.8 Å². The maximum absolute atomic E-state index is 12.2. The fraction of sp³-hybridized carbons (Fsp3) is 0.609. The van der Waals surface area contributed by atoms with E-state index in [2.05, 4.69) is 62.6 Å². The zero-order valence-electron chi connectivity index (χ0n) is 18.5. The first-order valence-corrected chi connectivity index (χ1v) is 11.6. The third-order valence-electron chi connectivity index (χ3n) is 6.99. The van der Waals surface area contributed by atoms with Gasteiger partial charge in [-0.3, -0.25) is 24.6 Å². The second-order valence-electron chi connectivity index (χ2n) is 9.02. The van der Waals surface area contributed by atoms with Crippen LogP contribution in [0, 0.1) is 5.92 Å². The van der Waals surface area contributed by atoms with E-state index in [1.807, 2.05) is 6.20 Å². The molecule has 1 fully saturated rings. The average Bonchev–Trinajstić information content (AvgIpc) is 3.21. The molecule has 0 spiro atoms. The Morgan fingerprint density at radius 2 is 2.03 bits per heavy atom. The fourth-order valence-electron chi connectivity index (χ4n) is 4.96. The van der Waals surface area contributed by atoms with Gasteiger partial charge in [0, 0.05) is 69.4 Å². The normalized spacial score (nSPS) is 28.6. The molecule has 0 radical (unpaired) electrons. The summed E-state index contributed by atoms with van der Waals surface area (Å²) in [6.45, 7) is 10.1. The highest BCUT2D eigenvalue weighted by Crippen LogP contribution is 2.27. The zero-order chi connectivity index (χ0) is 21.4. The summed E-state index contributed by atoms with van der Waals surface area (Å²) < 4.78 is 0. The number of hydrogen-bond donors (Lipinski definition) is 2. The highest BCUT2D eigenvalue weighted by atomic mass is 16.1. The molecule has 8 nitrogen and oxygen atoms in total. The van der Waals surface area contributed by atoms with Crippen LogP contribution >= 0.6 is 0 Å². The summed E-state index contributed by atoms with van der Waals surface area (Å²) in [6.07, 6.45) is 9.41. The van der Waals surface area contributed by atoms with Gasteiger partial charge in [-0.2, -0.15) is 0 Å². The van der Waals surface area contributed by atoms with Crippen LogP contribution in [-0.4, -0.2) is 76.9 Å². The minimum atomic E-state index is 0.0528. The van der Waals surface area contributed by atoms with E-state index in [9.17, 15) is 4.79 Å². The van der Waals surface area contributed by atoms with Gasteiger partial charge in [0.05, 0.1) is 17.9 Å². The van der Waals surface area contributed by atoms with Gasteiger partial charge in [0.2, 0.25) is 5.91 Å². The van der Waals surface area contributed by atoms with E-state index in [0.29, 0.717) is 0 Å². The summed E-state index contributed by atoms with van der Waals surface area (Å²) in [7, 11) is 0. The Balaban J connectivity index is 1.15. The SMILES string of the molecule is CCC1=CN2CC(N3CCN(Cc4cnc5c(c4)NC(=O)C(CC)C5)CC3)N=CC2N1. The van der Waals surface area contributed by atoms with Gasteiger partial charge in [-0.25, -0.2) is 0 Å². The number of hydrogen-bond acceptors (Lipinski definition) is 7. The van der Waals surface area contributed by atoms with Gasteiger partial charge in [0.25, 0.3) is 0 Å². The lowest BCUT2D eigenvalue weighted by Gasteiger charge is -2.41. The number of rotatable bonds is 5. The lowest BCUT2D eigenvalue weighted by Crippen LogP contribution is -2.55. The van der Waals surface area contributed by atoms with Gasteiger partial charge in [0.15, 0.2) is 0 Å². The van der Waals surface area contributed by atoms with Crippen LogP contribution in [0.5, 0.6) is 0 Å². The van der Waals surface area contributed by atoms with Crippen LogP contribution in [0.4, 0.5) is 5.69 Å². The number of anilines is 1. The average molecular weight is 424 g/mol. The van der Waals surface area contributed by atoms with Crippen LogP contribution in [0.15, 0.2) is 29.2 Å². The van der Waals surface area contributed by atoms with Crippen molar-refractivity contribution < 1.29 is 4.79 Å².